The summed E-state index contributed by atoms with van der Waals surface area (Å²) >= 11 is 0. The Hall–Kier alpha value is -1.81. The Morgan fingerprint density at radius 1 is 1.30 bits per heavy atom. The molecule has 0 amide bonds. The van der Waals surface area contributed by atoms with Crippen LogP contribution >= 0.6 is 0 Å². The Morgan fingerprint density at radius 3 is 2.90 bits per heavy atom. The van der Waals surface area contributed by atoms with Gasteiger partial charge in [0, 0.05) is 23.9 Å². The molecule has 1 fully saturated rings. The Kier molecular flexibility index (Phi) is 3.74. The Balaban J connectivity index is 1.74. The monoisotopic (exact) mass is 272 g/mol. The Bertz CT molecular complexity index is 600. The number of ether oxygens (including phenoxy) is 1. The number of rotatable bonds is 4. The highest BCUT2D eigenvalue weighted by atomic mass is 16.5. The van der Waals surface area contributed by atoms with Crippen molar-refractivity contribution in [2.24, 2.45) is 5.92 Å². The number of nitrogens with one attached hydrogen (secondary N) is 1. The average molecular weight is 272 g/mol. The Labute approximate surface area is 118 Å². The van der Waals surface area contributed by atoms with E-state index in [1.807, 2.05) is 24.3 Å². The zero-order valence-corrected chi connectivity index (χ0v) is 11.7. The number of aliphatic hydroxyl groups is 1. The summed E-state index contributed by atoms with van der Waals surface area (Å²) < 4.78 is 5.22. The summed E-state index contributed by atoms with van der Waals surface area (Å²) in [6.07, 6.45) is 2.98. The van der Waals surface area contributed by atoms with Gasteiger partial charge in [-0.2, -0.15) is 0 Å². The largest absolute Gasteiger partial charge is 0.497 e. The van der Waals surface area contributed by atoms with Crippen LogP contribution in [-0.4, -0.2) is 29.8 Å². The van der Waals surface area contributed by atoms with Crippen LogP contribution < -0.4 is 10.1 Å². The number of aliphatic hydroxyl groups excluding tert-OH is 1. The predicted molar refractivity (Wildman–Crippen MR) is 80.1 cm³/mol. The molecule has 4 heteroatoms. The van der Waals surface area contributed by atoms with Crippen molar-refractivity contribution in [1.82, 2.24) is 4.98 Å². The van der Waals surface area contributed by atoms with Gasteiger partial charge in [0.05, 0.1) is 18.7 Å². The third kappa shape index (κ3) is 2.70. The second kappa shape index (κ2) is 5.67. The highest BCUT2D eigenvalue weighted by molar-refractivity contribution is 5.81. The predicted octanol–water partition coefficient (Wildman–Crippen LogP) is 2.82. The van der Waals surface area contributed by atoms with Crippen LogP contribution in [0.4, 0.5) is 5.82 Å². The smallest absolute Gasteiger partial charge is 0.126 e. The third-order valence-corrected chi connectivity index (χ3v) is 4.06. The number of methoxy groups -OCH3 is 1. The molecule has 0 spiro atoms. The zero-order valence-electron chi connectivity index (χ0n) is 11.7. The minimum absolute atomic E-state index is 0.164. The molecule has 1 aromatic heterocycles. The van der Waals surface area contributed by atoms with E-state index in [2.05, 4.69) is 16.4 Å². The zero-order chi connectivity index (χ0) is 13.9. The summed E-state index contributed by atoms with van der Waals surface area (Å²) in [6.45, 7) is 0.781. The molecule has 0 saturated heterocycles. The fourth-order valence-corrected chi connectivity index (χ4v) is 2.81. The first kappa shape index (κ1) is 13.2. The van der Waals surface area contributed by atoms with Crippen molar-refractivity contribution < 1.29 is 9.84 Å². The van der Waals surface area contributed by atoms with Crippen molar-refractivity contribution in [2.45, 2.75) is 25.4 Å². The van der Waals surface area contributed by atoms with Crippen molar-refractivity contribution in [3.8, 4) is 5.75 Å². The summed E-state index contributed by atoms with van der Waals surface area (Å²) in [5.41, 5.74) is 0.918. The van der Waals surface area contributed by atoms with Crippen molar-refractivity contribution in [3.63, 3.8) is 0 Å². The van der Waals surface area contributed by atoms with Gasteiger partial charge in [0.25, 0.3) is 0 Å². The standard InChI is InChI=1S/C16H20N2O2/c1-20-13-7-5-11-6-8-16(18-14(11)9-13)17-10-12-3-2-4-15(12)19/h5-9,12,15,19H,2-4,10H2,1H3,(H,17,18)/t12-,15+/m1/s1. The van der Waals surface area contributed by atoms with Gasteiger partial charge in [-0.15, -0.1) is 0 Å². The van der Waals surface area contributed by atoms with Crippen LogP contribution in [-0.2, 0) is 0 Å². The molecule has 1 heterocycles. The lowest BCUT2D eigenvalue weighted by Gasteiger charge is -2.15. The molecule has 1 saturated carbocycles. The second-order valence-electron chi connectivity index (χ2n) is 5.39. The molecule has 3 rings (SSSR count). The van der Waals surface area contributed by atoms with Crippen LogP contribution in [0.1, 0.15) is 19.3 Å². The molecule has 1 aliphatic rings. The molecule has 4 nitrogen and oxygen atoms in total. The maximum Gasteiger partial charge on any atom is 0.126 e. The van der Waals surface area contributed by atoms with Crippen LogP contribution in [0.3, 0.4) is 0 Å². The van der Waals surface area contributed by atoms with E-state index in [-0.39, 0.29) is 6.10 Å². The lowest BCUT2D eigenvalue weighted by atomic mass is 10.1. The molecule has 1 aromatic carbocycles. The number of hydrogen-bond acceptors (Lipinski definition) is 4. The summed E-state index contributed by atoms with van der Waals surface area (Å²) in [7, 11) is 1.66. The van der Waals surface area contributed by atoms with Crippen molar-refractivity contribution in [2.75, 3.05) is 19.0 Å². The number of fused-ring (bicyclic) bond motifs is 1. The molecule has 2 atom stereocenters. The van der Waals surface area contributed by atoms with Crippen molar-refractivity contribution in [3.05, 3.63) is 30.3 Å². The first-order valence-electron chi connectivity index (χ1n) is 7.13. The van der Waals surface area contributed by atoms with E-state index in [0.717, 1.165) is 48.3 Å². The van der Waals surface area contributed by atoms with Gasteiger partial charge in [-0.25, -0.2) is 4.98 Å². The van der Waals surface area contributed by atoms with E-state index in [0.29, 0.717) is 5.92 Å². The fourth-order valence-electron chi connectivity index (χ4n) is 2.81. The van der Waals surface area contributed by atoms with Gasteiger partial charge in [0.2, 0.25) is 0 Å². The molecule has 2 aromatic rings. The normalized spacial score (nSPS) is 22.1. The van der Waals surface area contributed by atoms with Gasteiger partial charge in [-0.3, -0.25) is 0 Å². The fraction of sp³-hybridized carbons (Fsp3) is 0.438. The topological polar surface area (TPSA) is 54.4 Å². The molecule has 0 aliphatic heterocycles. The average Bonchev–Trinajstić information content (AvgIpc) is 2.89. The second-order valence-corrected chi connectivity index (χ2v) is 5.39. The molecule has 0 unspecified atom stereocenters. The molecule has 106 valence electrons. The number of anilines is 1. The molecular weight excluding hydrogens is 252 g/mol. The highest BCUT2D eigenvalue weighted by Crippen LogP contribution is 2.26. The van der Waals surface area contributed by atoms with Crippen LogP contribution in [0.15, 0.2) is 30.3 Å². The number of aromatic nitrogens is 1. The first-order valence-corrected chi connectivity index (χ1v) is 7.13. The van der Waals surface area contributed by atoms with Gasteiger partial charge in [0.1, 0.15) is 11.6 Å². The molecular formula is C16H20N2O2. The van der Waals surface area contributed by atoms with E-state index in [4.69, 9.17) is 4.74 Å². The van der Waals surface area contributed by atoms with Gasteiger partial charge >= 0.3 is 0 Å². The summed E-state index contributed by atoms with van der Waals surface area (Å²) in [6, 6.07) is 9.91. The minimum Gasteiger partial charge on any atom is -0.497 e. The molecule has 20 heavy (non-hydrogen) atoms. The molecule has 0 bridgehead atoms. The first-order chi connectivity index (χ1) is 9.76. The van der Waals surface area contributed by atoms with Crippen LogP contribution in [0.5, 0.6) is 5.75 Å². The van der Waals surface area contributed by atoms with E-state index < -0.39 is 0 Å². The van der Waals surface area contributed by atoms with Crippen molar-refractivity contribution in [1.29, 1.82) is 0 Å². The van der Waals surface area contributed by atoms with Crippen molar-refractivity contribution >= 4 is 16.7 Å². The number of hydrogen-bond donors (Lipinski definition) is 2. The van der Waals surface area contributed by atoms with Gasteiger partial charge < -0.3 is 15.2 Å². The Morgan fingerprint density at radius 2 is 2.15 bits per heavy atom. The van der Waals surface area contributed by atoms with E-state index in [9.17, 15) is 5.11 Å². The summed E-state index contributed by atoms with van der Waals surface area (Å²) in [5.74, 6) is 2.01. The van der Waals surface area contributed by atoms with E-state index >= 15 is 0 Å². The van der Waals surface area contributed by atoms with Crippen LogP contribution in [0, 0.1) is 5.92 Å². The molecule has 1 aliphatic carbocycles. The number of benzene rings is 1. The van der Waals surface area contributed by atoms with Gasteiger partial charge in [0.15, 0.2) is 0 Å². The third-order valence-electron chi connectivity index (χ3n) is 4.06. The van der Waals surface area contributed by atoms with Crippen LogP contribution in [0.25, 0.3) is 10.9 Å². The lowest BCUT2D eigenvalue weighted by molar-refractivity contribution is 0.138. The van der Waals surface area contributed by atoms with Gasteiger partial charge in [-0.05, 0) is 37.1 Å². The van der Waals surface area contributed by atoms with E-state index in [1.165, 1.54) is 0 Å². The van der Waals surface area contributed by atoms with Gasteiger partial charge in [-0.1, -0.05) is 6.42 Å². The summed E-state index contributed by atoms with van der Waals surface area (Å²) in [5, 5.41) is 14.3. The SMILES string of the molecule is COc1ccc2ccc(NC[C@H]3CCC[C@@H]3O)nc2c1. The quantitative estimate of drug-likeness (QED) is 0.898. The minimum atomic E-state index is -0.164. The maximum absolute atomic E-state index is 9.83. The number of nitrogens with zero attached hydrogens (tertiary/aromatic N) is 1. The number of pyridine rings is 1. The summed E-state index contributed by atoms with van der Waals surface area (Å²) in [4.78, 5) is 4.60. The molecule has 0 radical (unpaired) electrons. The lowest BCUT2D eigenvalue weighted by Crippen LogP contribution is -2.22. The molecule has 2 N–H and O–H groups in total. The maximum atomic E-state index is 9.83. The highest BCUT2D eigenvalue weighted by Gasteiger charge is 2.24. The van der Waals surface area contributed by atoms with E-state index in [1.54, 1.807) is 7.11 Å². The van der Waals surface area contributed by atoms with Crippen LogP contribution in [0.2, 0.25) is 0 Å².